The van der Waals surface area contributed by atoms with Gasteiger partial charge in [-0.15, -0.1) is 0 Å². The number of rotatable bonds is 5. The van der Waals surface area contributed by atoms with Gasteiger partial charge in [0.2, 0.25) is 0 Å². The summed E-state index contributed by atoms with van der Waals surface area (Å²) in [5, 5.41) is 11.1. The second kappa shape index (κ2) is 5.82. The van der Waals surface area contributed by atoms with E-state index >= 15 is 0 Å². The molecule has 0 spiro atoms. The first-order chi connectivity index (χ1) is 9.20. The van der Waals surface area contributed by atoms with E-state index in [-0.39, 0.29) is 0 Å². The Kier molecular flexibility index (Phi) is 3.93. The molecule has 2 aromatic carbocycles. The molecule has 2 aromatic rings. The van der Waals surface area contributed by atoms with Gasteiger partial charge in [-0.1, -0.05) is 30.3 Å². The number of aldehydes is 1. The van der Waals surface area contributed by atoms with Crippen molar-refractivity contribution in [1.82, 2.24) is 0 Å². The summed E-state index contributed by atoms with van der Waals surface area (Å²) >= 11 is 0. The number of carboxylic acids is 1. The number of carboxylic acid groups (broad SMARTS) is 1. The second-order valence-electron chi connectivity index (χ2n) is 3.91. The molecule has 0 unspecified atom stereocenters. The Morgan fingerprint density at radius 1 is 1.05 bits per heavy atom. The first-order valence-electron chi connectivity index (χ1n) is 5.68. The van der Waals surface area contributed by atoms with Crippen LogP contribution in [0.25, 0.3) is 0 Å². The minimum Gasteiger partial charge on any atom is -0.546 e. The minimum absolute atomic E-state index is 0.364. The highest BCUT2D eigenvalue weighted by Crippen LogP contribution is 2.21. The first-order valence-corrected chi connectivity index (χ1v) is 5.68. The monoisotopic (exact) mass is 255 g/mol. The molecule has 19 heavy (non-hydrogen) atoms. The van der Waals surface area contributed by atoms with Gasteiger partial charge in [0, 0.05) is 5.56 Å². The number of carbonyl (C=O) groups is 2. The van der Waals surface area contributed by atoms with Gasteiger partial charge < -0.3 is 14.6 Å². The van der Waals surface area contributed by atoms with Crippen molar-refractivity contribution in [2.75, 3.05) is 0 Å². The SMILES string of the molecule is O=Cc1ccc(O[C@H](C(=O)[O-])c2ccccc2)cc1. The van der Waals surface area contributed by atoms with Crippen LogP contribution in [0, 0.1) is 0 Å². The third-order valence-electron chi connectivity index (χ3n) is 2.59. The molecule has 2 rings (SSSR count). The lowest BCUT2D eigenvalue weighted by Gasteiger charge is -2.20. The van der Waals surface area contributed by atoms with Crippen molar-refractivity contribution < 1.29 is 19.4 Å². The third-order valence-corrected chi connectivity index (χ3v) is 2.59. The fourth-order valence-electron chi connectivity index (χ4n) is 1.64. The molecule has 0 fully saturated rings. The van der Waals surface area contributed by atoms with E-state index in [9.17, 15) is 14.7 Å². The molecule has 0 aliphatic rings. The predicted octanol–water partition coefficient (Wildman–Crippen LogP) is 1.37. The van der Waals surface area contributed by atoms with Gasteiger partial charge in [0.1, 0.15) is 12.0 Å². The van der Waals surface area contributed by atoms with Gasteiger partial charge in [-0.05, 0) is 29.8 Å². The second-order valence-corrected chi connectivity index (χ2v) is 3.91. The Labute approximate surface area is 110 Å². The number of hydrogen-bond donors (Lipinski definition) is 0. The fourth-order valence-corrected chi connectivity index (χ4v) is 1.64. The highest BCUT2D eigenvalue weighted by atomic mass is 16.5. The van der Waals surface area contributed by atoms with Crippen LogP contribution >= 0.6 is 0 Å². The van der Waals surface area contributed by atoms with Crippen molar-refractivity contribution in [2.24, 2.45) is 0 Å². The van der Waals surface area contributed by atoms with Crippen molar-refractivity contribution in [2.45, 2.75) is 6.10 Å². The van der Waals surface area contributed by atoms with Crippen LogP contribution in [-0.4, -0.2) is 12.3 Å². The van der Waals surface area contributed by atoms with E-state index < -0.39 is 12.1 Å². The molecule has 1 atom stereocenters. The van der Waals surface area contributed by atoms with Gasteiger partial charge in [0.25, 0.3) is 0 Å². The molecule has 0 amide bonds. The highest BCUT2D eigenvalue weighted by Gasteiger charge is 2.14. The van der Waals surface area contributed by atoms with Crippen LogP contribution in [0.2, 0.25) is 0 Å². The summed E-state index contributed by atoms with van der Waals surface area (Å²) in [6, 6.07) is 14.7. The largest absolute Gasteiger partial charge is 0.546 e. The zero-order chi connectivity index (χ0) is 13.7. The van der Waals surface area contributed by atoms with Crippen LogP contribution in [0.5, 0.6) is 5.75 Å². The lowest BCUT2D eigenvalue weighted by molar-refractivity contribution is -0.314. The molecule has 0 radical (unpaired) electrons. The molecule has 4 nitrogen and oxygen atoms in total. The van der Waals surface area contributed by atoms with Crippen LogP contribution in [0.1, 0.15) is 22.0 Å². The molecular formula is C15H11O4-. The Morgan fingerprint density at radius 2 is 1.68 bits per heavy atom. The van der Waals surface area contributed by atoms with Crippen LogP contribution in [0.4, 0.5) is 0 Å². The van der Waals surface area contributed by atoms with Crippen molar-refractivity contribution in [3.8, 4) is 5.75 Å². The van der Waals surface area contributed by atoms with E-state index in [1.165, 1.54) is 0 Å². The van der Waals surface area contributed by atoms with E-state index in [4.69, 9.17) is 4.74 Å². The van der Waals surface area contributed by atoms with E-state index in [1.54, 1.807) is 54.6 Å². The summed E-state index contributed by atoms with van der Waals surface area (Å²) in [7, 11) is 0. The smallest absolute Gasteiger partial charge is 0.163 e. The average Bonchev–Trinajstić information content (AvgIpc) is 2.46. The van der Waals surface area contributed by atoms with Gasteiger partial charge in [-0.3, -0.25) is 4.79 Å². The number of hydrogen-bond acceptors (Lipinski definition) is 4. The maximum absolute atomic E-state index is 11.1. The molecule has 0 bridgehead atoms. The third kappa shape index (κ3) is 3.19. The van der Waals surface area contributed by atoms with Gasteiger partial charge in [-0.25, -0.2) is 0 Å². The van der Waals surface area contributed by atoms with Crippen molar-refractivity contribution >= 4 is 12.3 Å². The van der Waals surface area contributed by atoms with Crippen LogP contribution in [0.3, 0.4) is 0 Å². The maximum Gasteiger partial charge on any atom is 0.163 e. The molecule has 0 N–H and O–H groups in total. The van der Waals surface area contributed by atoms with Gasteiger partial charge in [-0.2, -0.15) is 0 Å². The molecule has 0 saturated heterocycles. The summed E-state index contributed by atoms with van der Waals surface area (Å²) in [5.74, 6) is -0.950. The molecule has 0 saturated carbocycles. The molecule has 4 heteroatoms. The van der Waals surface area contributed by atoms with Crippen molar-refractivity contribution in [3.05, 3.63) is 65.7 Å². The van der Waals surface area contributed by atoms with E-state index in [0.717, 1.165) is 0 Å². The summed E-state index contributed by atoms with van der Waals surface area (Å²) in [6.07, 6.45) is -0.472. The zero-order valence-electron chi connectivity index (χ0n) is 9.98. The van der Waals surface area contributed by atoms with E-state index in [1.807, 2.05) is 0 Å². The predicted molar refractivity (Wildman–Crippen MR) is 66.6 cm³/mol. The number of aliphatic carboxylic acids is 1. The zero-order valence-corrected chi connectivity index (χ0v) is 9.98. The standard InChI is InChI=1S/C15H12O4/c16-10-11-6-8-13(9-7-11)19-14(15(17)18)12-4-2-1-3-5-12/h1-10,14H,(H,17,18)/p-1/t14-/m0/s1. The van der Waals surface area contributed by atoms with E-state index in [2.05, 4.69) is 0 Å². The Bertz CT molecular complexity index is 560. The average molecular weight is 255 g/mol. The maximum atomic E-state index is 11.1. The van der Waals surface area contributed by atoms with Crippen molar-refractivity contribution in [3.63, 3.8) is 0 Å². The summed E-state index contributed by atoms with van der Waals surface area (Å²) < 4.78 is 5.38. The van der Waals surface area contributed by atoms with Crippen LogP contribution < -0.4 is 9.84 Å². The number of ether oxygens (including phenoxy) is 1. The normalized spacial score (nSPS) is 11.6. The molecule has 0 aromatic heterocycles. The Hall–Kier alpha value is -2.62. The molecular weight excluding hydrogens is 244 g/mol. The fraction of sp³-hybridized carbons (Fsp3) is 0.0667. The summed E-state index contributed by atoms with van der Waals surface area (Å²) in [6.45, 7) is 0. The highest BCUT2D eigenvalue weighted by molar-refractivity contribution is 5.75. The minimum atomic E-state index is -1.31. The first kappa shape index (κ1) is 12.8. The Balaban J connectivity index is 2.21. The topological polar surface area (TPSA) is 66.4 Å². The molecule has 0 aliphatic heterocycles. The number of carbonyl (C=O) groups excluding carboxylic acids is 2. The Morgan fingerprint density at radius 3 is 2.21 bits per heavy atom. The van der Waals surface area contributed by atoms with Gasteiger partial charge >= 0.3 is 0 Å². The number of benzene rings is 2. The molecule has 0 aliphatic carbocycles. The summed E-state index contributed by atoms with van der Waals surface area (Å²) in [4.78, 5) is 21.7. The summed E-state index contributed by atoms with van der Waals surface area (Å²) in [5.41, 5.74) is 0.999. The quantitative estimate of drug-likeness (QED) is 0.757. The lowest BCUT2D eigenvalue weighted by Crippen LogP contribution is -2.33. The van der Waals surface area contributed by atoms with E-state index in [0.29, 0.717) is 23.2 Å². The van der Waals surface area contributed by atoms with Gasteiger partial charge in [0.05, 0.1) is 5.97 Å². The van der Waals surface area contributed by atoms with Gasteiger partial charge in [0.15, 0.2) is 6.10 Å². The van der Waals surface area contributed by atoms with Crippen molar-refractivity contribution in [1.29, 1.82) is 0 Å². The van der Waals surface area contributed by atoms with Crippen LogP contribution in [0.15, 0.2) is 54.6 Å². The van der Waals surface area contributed by atoms with Crippen LogP contribution in [-0.2, 0) is 4.79 Å². The lowest BCUT2D eigenvalue weighted by atomic mass is 10.1. The molecule has 0 heterocycles. The molecule has 96 valence electrons.